The summed E-state index contributed by atoms with van der Waals surface area (Å²) in [7, 11) is 0. The Balaban J connectivity index is 0.000000281. The SMILES string of the molecule is CCCCCCCC.Cc1ccc(C)cc1. The summed E-state index contributed by atoms with van der Waals surface area (Å²) >= 11 is 0. The van der Waals surface area contributed by atoms with Gasteiger partial charge in [-0.3, -0.25) is 0 Å². The molecule has 0 atom stereocenters. The van der Waals surface area contributed by atoms with Gasteiger partial charge in [0, 0.05) is 0 Å². The highest BCUT2D eigenvalue weighted by atomic mass is 13.9. The number of hydrogen-bond acceptors (Lipinski definition) is 0. The van der Waals surface area contributed by atoms with Gasteiger partial charge in [0.25, 0.3) is 0 Å². The van der Waals surface area contributed by atoms with E-state index in [1.807, 2.05) is 0 Å². The minimum absolute atomic E-state index is 1.33. The normalized spacial score (nSPS) is 9.50. The quantitative estimate of drug-likeness (QED) is 0.561. The minimum Gasteiger partial charge on any atom is -0.0654 e. The van der Waals surface area contributed by atoms with Gasteiger partial charge < -0.3 is 0 Å². The van der Waals surface area contributed by atoms with Crippen molar-refractivity contribution >= 4 is 0 Å². The van der Waals surface area contributed by atoms with Crippen molar-refractivity contribution in [1.82, 2.24) is 0 Å². The maximum Gasteiger partial charge on any atom is -0.0398 e. The highest BCUT2D eigenvalue weighted by molar-refractivity contribution is 5.19. The first-order valence-corrected chi connectivity index (χ1v) is 6.74. The molecule has 0 aliphatic rings. The molecule has 0 bridgehead atoms. The van der Waals surface area contributed by atoms with Crippen LogP contribution in [0, 0.1) is 13.8 Å². The number of hydrogen-bond donors (Lipinski definition) is 0. The predicted octanol–water partition coefficient (Wildman–Crippen LogP) is 5.67. The monoisotopic (exact) mass is 220 g/mol. The summed E-state index contributed by atoms with van der Waals surface area (Å²) in [6.45, 7) is 8.71. The number of aryl methyl sites for hydroxylation is 2. The van der Waals surface area contributed by atoms with Gasteiger partial charge in [-0.05, 0) is 13.8 Å². The average Bonchev–Trinajstić information content (AvgIpc) is 2.30. The zero-order valence-electron chi connectivity index (χ0n) is 11.6. The molecular weight excluding hydrogens is 192 g/mol. The van der Waals surface area contributed by atoms with Crippen LogP contribution in [0.5, 0.6) is 0 Å². The van der Waals surface area contributed by atoms with Crippen LogP contribution in [0.1, 0.15) is 63.5 Å². The second kappa shape index (κ2) is 10.7. The van der Waals surface area contributed by atoms with Crippen LogP contribution in [0.3, 0.4) is 0 Å². The molecule has 0 unspecified atom stereocenters. The van der Waals surface area contributed by atoms with Crippen LogP contribution < -0.4 is 0 Å². The summed E-state index contributed by atoms with van der Waals surface area (Å²) in [4.78, 5) is 0. The lowest BCUT2D eigenvalue weighted by molar-refractivity contribution is 0.624. The fourth-order valence-corrected chi connectivity index (χ4v) is 1.49. The second-order valence-electron chi connectivity index (χ2n) is 4.57. The van der Waals surface area contributed by atoms with Crippen molar-refractivity contribution in [2.75, 3.05) is 0 Å². The lowest BCUT2D eigenvalue weighted by atomic mass is 10.1. The van der Waals surface area contributed by atoms with Crippen LogP contribution in [-0.2, 0) is 0 Å². The molecule has 1 rings (SSSR count). The van der Waals surface area contributed by atoms with E-state index in [2.05, 4.69) is 52.0 Å². The number of unbranched alkanes of at least 4 members (excludes halogenated alkanes) is 5. The van der Waals surface area contributed by atoms with E-state index in [1.54, 1.807) is 0 Å². The summed E-state index contributed by atoms with van der Waals surface area (Å²) in [6.07, 6.45) is 8.49. The van der Waals surface area contributed by atoms with Gasteiger partial charge in [-0.1, -0.05) is 87.8 Å². The fraction of sp³-hybridized carbons (Fsp3) is 0.625. The molecule has 0 amide bonds. The molecule has 0 aromatic heterocycles. The Bertz CT molecular complexity index is 206. The van der Waals surface area contributed by atoms with Crippen molar-refractivity contribution in [1.29, 1.82) is 0 Å². The molecular formula is C16H28. The van der Waals surface area contributed by atoms with E-state index in [-0.39, 0.29) is 0 Å². The Hall–Kier alpha value is -0.780. The highest BCUT2D eigenvalue weighted by Gasteiger charge is 1.83. The van der Waals surface area contributed by atoms with Gasteiger partial charge in [0.05, 0.1) is 0 Å². The van der Waals surface area contributed by atoms with Gasteiger partial charge in [-0.2, -0.15) is 0 Å². The number of benzene rings is 1. The fourth-order valence-electron chi connectivity index (χ4n) is 1.49. The maximum atomic E-state index is 2.26. The molecule has 16 heavy (non-hydrogen) atoms. The van der Waals surface area contributed by atoms with E-state index in [1.165, 1.54) is 49.7 Å². The van der Waals surface area contributed by atoms with Crippen LogP contribution in [0.4, 0.5) is 0 Å². The standard InChI is InChI=1S/C8H10.C8H18/c1-7-3-5-8(2)6-4-7;1-3-5-7-8-6-4-2/h3-6H,1-2H3;3-8H2,1-2H3. The summed E-state index contributed by atoms with van der Waals surface area (Å²) in [6, 6.07) is 8.48. The van der Waals surface area contributed by atoms with Gasteiger partial charge in [0.1, 0.15) is 0 Å². The van der Waals surface area contributed by atoms with Crippen LogP contribution in [-0.4, -0.2) is 0 Å². The molecule has 0 N–H and O–H groups in total. The molecule has 0 fully saturated rings. The first-order valence-electron chi connectivity index (χ1n) is 6.74. The van der Waals surface area contributed by atoms with E-state index >= 15 is 0 Å². The molecule has 0 nitrogen and oxygen atoms in total. The summed E-state index contributed by atoms with van der Waals surface area (Å²) in [5.41, 5.74) is 2.66. The minimum atomic E-state index is 1.33. The number of rotatable bonds is 5. The van der Waals surface area contributed by atoms with Gasteiger partial charge >= 0.3 is 0 Å². The van der Waals surface area contributed by atoms with E-state index in [0.717, 1.165) is 0 Å². The zero-order chi connectivity index (χ0) is 12.2. The Kier molecular flexibility index (Phi) is 10.2. The molecule has 0 aliphatic heterocycles. The molecule has 92 valence electrons. The van der Waals surface area contributed by atoms with Gasteiger partial charge in [-0.25, -0.2) is 0 Å². The highest BCUT2D eigenvalue weighted by Crippen LogP contribution is 2.03. The van der Waals surface area contributed by atoms with Crippen LogP contribution in [0.15, 0.2) is 24.3 Å². The van der Waals surface area contributed by atoms with E-state index in [4.69, 9.17) is 0 Å². The Morgan fingerprint density at radius 3 is 1.19 bits per heavy atom. The lowest BCUT2D eigenvalue weighted by Crippen LogP contribution is -1.73. The van der Waals surface area contributed by atoms with Crippen molar-refractivity contribution in [3.8, 4) is 0 Å². The summed E-state index contributed by atoms with van der Waals surface area (Å²) in [5, 5.41) is 0. The molecule has 0 saturated heterocycles. The average molecular weight is 220 g/mol. The van der Waals surface area contributed by atoms with Gasteiger partial charge in [0.2, 0.25) is 0 Å². The van der Waals surface area contributed by atoms with E-state index < -0.39 is 0 Å². The molecule has 0 spiro atoms. The molecule has 0 heterocycles. The first kappa shape index (κ1) is 15.2. The molecule has 1 aromatic carbocycles. The molecule has 0 radical (unpaired) electrons. The van der Waals surface area contributed by atoms with Gasteiger partial charge in [-0.15, -0.1) is 0 Å². The van der Waals surface area contributed by atoms with E-state index in [0.29, 0.717) is 0 Å². The Morgan fingerprint density at radius 2 is 0.938 bits per heavy atom. The molecule has 1 aromatic rings. The third-order valence-corrected chi connectivity index (χ3v) is 2.68. The Morgan fingerprint density at radius 1 is 0.625 bits per heavy atom. The van der Waals surface area contributed by atoms with Crippen molar-refractivity contribution in [2.45, 2.75) is 66.2 Å². The zero-order valence-corrected chi connectivity index (χ0v) is 11.6. The molecule has 0 heteroatoms. The van der Waals surface area contributed by atoms with E-state index in [9.17, 15) is 0 Å². The van der Waals surface area contributed by atoms with Crippen LogP contribution >= 0.6 is 0 Å². The maximum absolute atomic E-state index is 2.26. The summed E-state index contributed by atoms with van der Waals surface area (Å²) in [5.74, 6) is 0. The largest absolute Gasteiger partial charge is 0.0654 e. The van der Waals surface area contributed by atoms with Gasteiger partial charge in [0.15, 0.2) is 0 Å². The van der Waals surface area contributed by atoms with Crippen molar-refractivity contribution in [3.63, 3.8) is 0 Å². The second-order valence-corrected chi connectivity index (χ2v) is 4.57. The summed E-state index contributed by atoms with van der Waals surface area (Å²) < 4.78 is 0. The van der Waals surface area contributed by atoms with Crippen molar-refractivity contribution < 1.29 is 0 Å². The smallest absolute Gasteiger partial charge is 0.0398 e. The molecule has 0 aliphatic carbocycles. The topological polar surface area (TPSA) is 0 Å². The van der Waals surface area contributed by atoms with Crippen molar-refractivity contribution in [2.24, 2.45) is 0 Å². The predicted molar refractivity (Wildman–Crippen MR) is 75.0 cm³/mol. The lowest BCUT2D eigenvalue weighted by Gasteiger charge is -1.93. The first-order chi connectivity index (χ1) is 7.70. The Labute approximate surface area is 102 Å². The molecule has 0 saturated carbocycles. The van der Waals surface area contributed by atoms with Crippen LogP contribution in [0.2, 0.25) is 0 Å². The van der Waals surface area contributed by atoms with Crippen molar-refractivity contribution in [3.05, 3.63) is 35.4 Å². The third-order valence-electron chi connectivity index (χ3n) is 2.68. The van der Waals surface area contributed by atoms with Crippen LogP contribution in [0.25, 0.3) is 0 Å². The third kappa shape index (κ3) is 9.76.